The summed E-state index contributed by atoms with van der Waals surface area (Å²) >= 11 is 1.52. The van der Waals surface area contributed by atoms with Crippen LogP contribution < -0.4 is 4.90 Å². The van der Waals surface area contributed by atoms with Gasteiger partial charge in [0.25, 0.3) is 5.91 Å². The molecule has 0 N–H and O–H groups in total. The van der Waals surface area contributed by atoms with Crippen LogP contribution in [0.5, 0.6) is 0 Å². The molecule has 0 aliphatic carbocycles. The van der Waals surface area contributed by atoms with Gasteiger partial charge in [0.1, 0.15) is 0 Å². The second-order valence-electron chi connectivity index (χ2n) is 6.00. The van der Waals surface area contributed by atoms with E-state index < -0.39 is 0 Å². The Morgan fingerprint density at radius 2 is 1.68 bits per heavy atom. The predicted octanol–water partition coefficient (Wildman–Crippen LogP) is 3.64. The molecule has 22 heavy (non-hydrogen) atoms. The molecule has 1 fully saturated rings. The second kappa shape index (κ2) is 6.13. The third kappa shape index (κ3) is 2.88. The van der Waals surface area contributed by atoms with E-state index in [1.807, 2.05) is 22.4 Å². The van der Waals surface area contributed by atoms with Crippen molar-refractivity contribution in [1.29, 1.82) is 0 Å². The van der Waals surface area contributed by atoms with Crippen LogP contribution in [0.1, 0.15) is 26.4 Å². The van der Waals surface area contributed by atoms with Crippen LogP contribution in [0.2, 0.25) is 0 Å². The molecule has 1 saturated heterocycles. The standard InChI is InChI=1S/C18H22N2OS/c1-13-11-14(2)17(15(3)12-13)19-6-8-20(9-7-19)18(21)16-5-4-10-22-16/h4-5,10-12H,6-9H2,1-3H3. The fourth-order valence-corrected chi connectivity index (χ4v) is 4.05. The van der Waals surface area contributed by atoms with Crippen molar-refractivity contribution >= 4 is 22.9 Å². The minimum absolute atomic E-state index is 0.173. The lowest BCUT2D eigenvalue weighted by atomic mass is 10.0. The molecule has 0 bridgehead atoms. The first-order chi connectivity index (χ1) is 10.6. The molecule has 1 amide bonds. The number of amides is 1. The lowest BCUT2D eigenvalue weighted by molar-refractivity contribution is 0.0751. The van der Waals surface area contributed by atoms with Crippen LogP contribution in [0.4, 0.5) is 5.69 Å². The van der Waals surface area contributed by atoms with Crippen LogP contribution in [-0.4, -0.2) is 37.0 Å². The minimum Gasteiger partial charge on any atom is -0.368 e. The Bertz CT molecular complexity index is 647. The van der Waals surface area contributed by atoms with E-state index in [2.05, 4.69) is 37.8 Å². The van der Waals surface area contributed by atoms with E-state index in [0.717, 1.165) is 31.1 Å². The molecule has 0 radical (unpaired) electrons. The molecule has 2 heterocycles. The number of rotatable bonds is 2. The second-order valence-corrected chi connectivity index (χ2v) is 6.95. The molecule has 3 rings (SSSR count). The smallest absolute Gasteiger partial charge is 0.264 e. The van der Waals surface area contributed by atoms with E-state index in [1.54, 1.807) is 0 Å². The van der Waals surface area contributed by atoms with Crippen LogP contribution in [0, 0.1) is 20.8 Å². The average Bonchev–Trinajstić information content (AvgIpc) is 3.00. The third-order valence-electron chi connectivity index (χ3n) is 4.25. The van der Waals surface area contributed by atoms with E-state index in [1.165, 1.54) is 33.7 Å². The molecule has 0 atom stereocenters. The number of carbonyl (C=O) groups is 1. The molecular weight excluding hydrogens is 292 g/mol. The van der Waals surface area contributed by atoms with Gasteiger partial charge in [-0.1, -0.05) is 23.8 Å². The molecule has 1 aromatic carbocycles. The maximum Gasteiger partial charge on any atom is 0.264 e. The zero-order valence-corrected chi connectivity index (χ0v) is 14.2. The zero-order valence-electron chi connectivity index (χ0n) is 13.4. The number of benzene rings is 1. The van der Waals surface area contributed by atoms with E-state index in [-0.39, 0.29) is 5.91 Å². The molecule has 2 aromatic rings. The zero-order chi connectivity index (χ0) is 15.7. The Balaban J connectivity index is 1.71. The summed E-state index contributed by atoms with van der Waals surface area (Å²) in [5, 5.41) is 1.96. The number of hydrogen-bond donors (Lipinski definition) is 0. The molecule has 4 heteroatoms. The van der Waals surface area contributed by atoms with E-state index in [9.17, 15) is 4.79 Å². The maximum atomic E-state index is 12.4. The van der Waals surface area contributed by atoms with Crippen LogP contribution in [0.15, 0.2) is 29.6 Å². The van der Waals surface area contributed by atoms with Gasteiger partial charge in [-0.15, -0.1) is 11.3 Å². The lowest BCUT2D eigenvalue weighted by Crippen LogP contribution is -2.49. The molecule has 1 aliphatic heterocycles. The summed E-state index contributed by atoms with van der Waals surface area (Å²) in [6, 6.07) is 8.33. The van der Waals surface area contributed by atoms with Gasteiger partial charge in [-0.25, -0.2) is 0 Å². The molecule has 0 spiro atoms. The van der Waals surface area contributed by atoms with Gasteiger partial charge in [-0.05, 0) is 43.3 Å². The molecule has 1 aromatic heterocycles. The first kappa shape index (κ1) is 15.1. The molecule has 3 nitrogen and oxygen atoms in total. The van der Waals surface area contributed by atoms with Crippen molar-refractivity contribution in [3.8, 4) is 0 Å². The Hall–Kier alpha value is -1.81. The highest BCUT2D eigenvalue weighted by atomic mass is 32.1. The molecule has 1 aliphatic rings. The van der Waals surface area contributed by atoms with Crippen molar-refractivity contribution in [3.63, 3.8) is 0 Å². The van der Waals surface area contributed by atoms with Crippen molar-refractivity contribution < 1.29 is 4.79 Å². The number of carbonyl (C=O) groups excluding carboxylic acids is 1. The van der Waals surface area contributed by atoms with Crippen molar-refractivity contribution in [3.05, 3.63) is 51.2 Å². The van der Waals surface area contributed by atoms with Gasteiger partial charge in [0.2, 0.25) is 0 Å². The van der Waals surface area contributed by atoms with Gasteiger partial charge in [-0.3, -0.25) is 4.79 Å². The van der Waals surface area contributed by atoms with Crippen LogP contribution >= 0.6 is 11.3 Å². The minimum atomic E-state index is 0.173. The topological polar surface area (TPSA) is 23.6 Å². The number of anilines is 1. The quantitative estimate of drug-likeness (QED) is 0.845. The van der Waals surface area contributed by atoms with E-state index >= 15 is 0 Å². The number of nitrogens with zero attached hydrogens (tertiary/aromatic N) is 2. The number of aryl methyl sites for hydroxylation is 3. The Kier molecular flexibility index (Phi) is 4.21. The first-order valence-corrected chi connectivity index (χ1v) is 8.60. The Morgan fingerprint density at radius 3 is 2.23 bits per heavy atom. The summed E-state index contributed by atoms with van der Waals surface area (Å²) in [5.41, 5.74) is 5.31. The molecular formula is C18H22N2OS. The molecule has 116 valence electrons. The largest absolute Gasteiger partial charge is 0.368 e. The summed E-state index contributed by atoms with van der Waals surface area (Å²) in [6.45, 7) is 9.90. The highest BCUT2D eigenvalue weighted by molar-refractivity contribution is 7.12. The van der Waals surface area contributed by atoms with Gasteiger partial charge in [-0.2, -0.15) is 0 Å². The van der Waals surface area contributed by atoms with Crippen molar-refractivity contribution in [2.45, 2.75) is 20.8 Å². The Morgan fingerprint density at radius 1 is 1.05 bits per heavy atom. The normalized spacial score (nSPS) is 15.2. The first-order valence-electron chi connectivity index (χ1n) is 7.72. The van der Waals surface area contributed by atoms with Gasteiger partial charge in [0.05, 0.1) is 4.88 Å². The highest BCUT2D eigenvalue weighted by Crippen LogP contribution is 2.27. The lowest BCUT2D eigenvalue weighted by Gasteiger charge is -2.37. The molecule has 0 unspecified atom stereocenters. The van der Waals surface area contributed by atoms with Crippen LogP contribution in [0.3, 0.4) is 0 Å². The van der Waals surface area contributed by atoms with Gasteiger partial charge < -0.3 is 9.80 Å². The summed E-state index contributed by atoms with van der Waals surface area (Å²) < 4.78 is 0. The maximum absolute atomic E-state index is 12.4. The molecule has 0 saturated carbocycles. The van der Waals surface area contributed by atoms with Gasteiger partial charge in [0, 0.05) is 31.9 Å². The number of hydrogen-bond acceptors (Lipinski definition) is 3. The SMILES string of the molecule is Cc1cc(C)c(N2CCN(C(=O)c3cccs3)CC2)c(C)c1. The summed E-state index contributed by atoms with van der Waals surface area (Å²) in [7, 11) is 0. The third-order valence-corrected chi connectivity index (χ3v) is 5.11. The predicted molar refractivity (Wildman–Crippen MR) is 93.1 cm³/mol. The monoisotopic (exact) mass is 314 g/mol. The van der Waals surface area contributed by atoms with Gasteiger partial charge >= 0.3 is 0 Å². The van der Waals surface area contributed by atoms with Gasteiger partial charge in [0.15, 0.2) is 0 Å². The number of thiophene rings is 1. The van der Waals surface area contributed by atoms with Crippen molar-refractivity contribution in [2.75, 3.05) is 31.1 Å². The van der Waals surface area contributed by atoms with Crippen molar-refractivity contribution in [1.82, 2.24) is 4.90 Å². The summed E-state index contributed by atoms with van der Waals surface area (Å²) in [5.74, 6) is 0.173. The van der Waals surface area contributed by atoms with Crippen molar-refractivity contribution in [2.24, 2.45) is 0 Å². The van der Waals surface area contributed by atoms with E-state index in [4.69, 9.17) is 0 Å². The Labute approximate surface area is 136 Å². The fraction of sp³-hybridized carbons (Fsp3) is 0.389. The van der Waals surface area contributed by atoms with Crippen LogP contribution in [-0.2, 0) is 0 Å². The summed E-state index contributed by atoms with van der Waals surface area (Å²) in [4.78, 5) is 17.6. The fourth-order valence-electron chi connectivity index (χ4n) is 3.36. The van der Waals surface area contributed by atoms with Crippen LogP contribution in [0.25, 0.3) is 0 Å². The highest BCUT2D eigenvalue weighted by Gasteiger charge is 2.24. The van der Waals surface area contributed by atoms with E-state index in [0.29, 0.717) is 0 Å². The average molecular weight is 314 g/mol. The number of piperazine rings is 1. The summed E-state index contributed by atoms with van der Waals surface area (Å²) in [6.07, 6.45) is 0.